The number of aromatic amines is 2. The van der Waals surface area contributed by atoms with Crippen molar-refractivity contribution in [3.63, 3.8) is 0 Å². The van der Waals surface area contributed by atoms with Crippen LogP contribution in [0.3, 0.4) is 0 Å². The van der Waals surface area contributed by atoms with Crippen LogP contribution >= 0.6 is 0 Å². The van der Waals surface area contributed by atoms with Gasteiger partial charge >= 0.3 is 0 Å². The van der Waals surface area contributed by atoms with Gasteiger partial charge in [-0.2, -0.15) is 0 Å². The molecule has 4 heteroatoms. The molecule has 0 aliphatic heterocycles. The number of pyridine rings is 2. The highest BCUT2D eigenvalue weighted by Crippen LogP contribution is 2.21. The summed E-state index contributed by atoms with van der Waals surface area (Å²) in [5.41, 5.74) is 3.10. The molecular weight excluding hydrogens is 312 g/mol. The third-order valence-electron chi connectivity index (χ3n) is 4.43. The van der Waals surface area contributed by atoms with Crippen molar-refractivity contribution in [2.75, 3.05) is 0 Å². The molecule has 2 N–H and O–H groups in total. The Hall–Kier alpha value is -3.40. The molecule has 122 valence electrons. The lowest BCUT2D eigenvalue weighted by Crippen LogP contribution is -2.11. The van der Waals surface area contributed by atoms with Gasteiger partial charge in [0.15, 0.2) is 10.9 Å². The topological polar surface area (TPSA) is 65.7 Å². The Kier molecular flexibility index (Phi) is 3.39. The second-order valence-corrected chi connectivity index (χ2v) is 5.93. The zero-order chi connectivity index (χ0) is 17.6. The second-order valence-electron chi connectivity index (χ2n) is 5.93. The summed E-state index contributed by atoms with van der Waals surface area (Å²) in [5, 5.41) is 1.72. The summed E-state index contributed by atoms with van der Waals surface area (Å²) in [5.74, 6) is 0. The molecule has 0 radical (unpaired) electrons. The van der Waals surface area contributed by atoms with Gasteiger partial charge in [0, 0.05) is 32.9 Å². The number of H-pyrrole nitrogens is 2. The quantitative estimate of drug-likeness (QED) is 0.542. The average Bonchev–Trinajstić information content (AvgIpc) is 2.62. The van der Waals surface area contributed by atoms with E-state index in [1.807, 2.05) is 37.3 Å². The minimum Gasteiger partial charge on any atom is -0.354 e. The van der Waals surface area contributed by atoms with Crippen LogP contribution in [0.5, 0.6) is 0 Å². The van der Waals surface area contributed by atoms with Crippen molar-refractivity contribution < 1.29 is 0 Å². The van der Waals surface area contributed by atoms with E-state index in [1.165, 1.54) is 0 Å². The van der Waals surface area contributed by atoms with E-state index in [2.05, 4.69) is 16.5 Å². The molecule has 2 aromatic heterocycles. The second kappa shape index (κ2) is 5.60. The molecule has 0 bridgehead atoms. The number of benzene rings is 2. The summed E-state index contributed by atoms with van der Waals surface area (Å²) in [6, 6.07) is 10.9. The smallest absolute Gasteiger partial charge is 0.197 e. The predicted molar refractivity (Wildman–Crippen MR) is 105 cm³/mol. The third-order valence-corrected chi connectivity index (χ3v) is 4.43. The van der Waals surface area contributed by atoms with Gasteiger partial charge in [0.05, 0.1) is 11.0 Å². The van der Waals surface area contributed by atoms with Gasteiger partial charge in [0.25, 0.3) is 0 Å². The first-order chi connectivity index (χ1) is 12.1. The molecule has 0 saturated carbocycles. The first kappa shape index (κ1) is 15.1. The highest BCUT2D eigenvalue weighted by atomic mass is 16.1. The molecular formula is C21H16N2O2. The largest absolute Gasteiger partial charge is 0.354 e. The molecule has 25 heavy (non-hydrogen) atoms. The fraction of sp³-hybridized carbons (Fsp3) is 0.0476. The van der Waals surface area contributed by atoms with Crippen LogP contribution in [0.15, 0.2) is 58.6 Å². The van der Waals surface area contributed by atoms with Gasteiger partial charge in [0.2, 0.25) is 0 Å². The fourth-order valence-electron chi connectivity index (χ4n) is 3.24. The Balaban J connectivity index is 2.22. The third kappa shape index (κ3) is 2.22. The summed E-state index contributed by atoms with van der Waals surface area (Å²) in [6.07, 6.45) is 5.24. The van der Waals surface area contributed by atoms with E-state index >= 15 is 0 Å². The van der Waals surface area contributed by atoms with Gasteiger partial charge in [-0.05, 0) is 37.3 Å². The molecule has 4 aromatic rings. The lowest BCUT2D eigenvalue weighted by molar-refractivity contribution is 1.33. The van der Waals surface area contributed by atoms with Crippen molar-refractivity contribution in [2.45, 2.75) is 6.92 Å². The van der Waals surface area contributed by atoms with E-state index in [9.17, 15) is 9.59 Å². The monoisotopic (exact) mass is 328 g/mol. The molecule has 0 aliphatic carbocycles. The number of hydrogen-bond donors (Lipinski definition) is 2. The van der Waals surface area contributed by atoms with E-state index in [1.54, 1.807) is 24.3 Å². The fourth-order valence-corrected chi connectivity index (χ4v) is 3.24. The van der Waals surface area contributed by atoms with Gasteiger partial charge in [-0.3, -0.25) is 9.59 Å². The highest BCUT2D eigenvalue weighted by molar-refractivity contribution is 6.00. The Morgan fingerprint density at radius 3 is 2.28 bits per heavy atom. The summed E-state index contributed by atoms with van der Waals surface area (Å²) in [7, 11) is 0. The SMILES string of the molecule is C=Cc1c(/C=C\C)[nH]c2cc3c(=O)c4ccccc4[nH]c3cc2c1=O. The number of aromatic nitrogens is 2. The maximum atomic E-state index is 12.8. The number of nitrogens with one attached hydrogen (secondary N) is 2. The van der Waals surface area contributed by atoms with Crippen molar-refractivity contribution in [3.8, 4) is 0 Å². The first-order valence-corrected chi connectivity index (χ1v) is 8.04. The van der Waals surface area contributed by atoms with E-state index in [0.717, 1.165) is 5.52 Å². The van der Waals surface area contributed by atoms with Gasteiger partial charge in [-0.25, -0.2) is 0 Å². The van der Waals surface area contributed by atoms with Crippen LogP contribution in [0.4, 0.5) is 0 Å². The van der Waals surface area contributed by atoms with Gasteiger partial charge in [0.1, 0.15) is 0 Å². The van der Waals surface area contributed by atoms with Crippen LogP contribution in [0.1, 0.15) is 18.2 Å². The standard InChI is InChI=1S/C21H16N2O2/c1-3-7-16-12(4-2)20(24)14-10-19-15(11-18(14)22-16)21(25)13-8-5-6-9-17(13)23-19/h3-11H,2H2,1H3,(H,22,24)(H,23,25)/b7-3-. The van der Waals surface area contributed by atoms with Crippen LogP contribution in [0.2, 0.25) is 0 Å². The molecule has 2 heterocycles. The number of allylic oxidation sites excluding steroid dienone is 1. The Morgan fingerprint density at radius 2 is 1.56 bits per heavy atom. The first-order valence-electron chi connectivity index (χ1n) is 8.04. The lowest BCUT2D eigenvalue weighted by Gasteiger charge is -2.08. The molecule has 2 aromatic carbocycles. The van der Waals surface area contributed by atoms with Crippen molar-refractivity contribution >= 4 is 44.9 Å². The molecule has 0 unspecified atom stereocenters. The Labute approximate surface area is 143 Å². The summed E-state index contributed by atoms with van der Waals surface area (Å²) in [6.45, 7) is 5.63. The Morgan fingerprint density at radius 1 is 0.880 bits per heavy atom. The van der Waals surface area contributed by atoms with E-state index < -0.39 is 0 Å². The zero-order valence-corrected chi connectivity index (χ0v) is 13.7. The molecule has 4 rings (SSSR count). The van der Waals surface area contributed by atoms with Crippen molar-refractivity contribution in [1.29, 1.82) is 0 Å². The van der Waals surface area contributed by atoms with E-state index in [-0.39, 0.29) is 10.9 Å². The molecule has 0 fully saturated rings. The summed E-state index contributed by atoms with van der Waals surface area (Å²) >= 11 is 0. The van der Waals surface area contributed by atoms with Gasteiger partial charge in [-0.15, -0.1) is 0 Å². The van der Waals surface area contributed by atoms with Crippen molar-refractivity contribution in [2.24, 2.45) is 0 Å². The maximum absolute atomic E-state index is 12.8. The average molecular weight is 328 g/mol. The van der Waals surface area contributed by atoms with Crippen LogP contribution in [0, 0.1) is 0 Å². The number of para-hydroxylation sites is 1. The van der Waals surface area contributed by atoms with E-state index in [4.69, 9.17) is 0 Å². The molecule has 4 nitrogen and oxygen atoms in total. The van der Waals surface area contributed by atoms with Crippen LogP contribution in [-0.2, 0) is 0 Å². The molecule has 0 atom stereocenters. The minimum atomic E-state index is -0.104. The number of hydrogen-bond acceptors (Lipinski definition) is 2. The number of fused-ring (bicyclic) bond motifs is 3. The van der Waals surface area contributed by atoms with E-state index in [0.29, 0.717) is 38.4 Å². The van der Waals surface area contributed by atoms with Crippen molar-refractivity contribution in [3.05, 3.63) is 80.8 Å². The maximum Gasteiger partial charge on any atom is 0.197 e. The van der Waals surface area contributed by atoms with Crippen LogP contribution < -0.4 is 10.9 Å². The van der Waals surface area contributed by atoms with Crippen LogP contribution in [-0.4, -0.2) is 9.97 Å². The number of rotatable bonds is 2. The van der Waals surface area contributed by atoms with Crippen molar-refractivity contribution in [1.82, 2.24) is 9.97 Å². The summed E-state index contributed by atoms with van der Waals surface area (Å²) in [4.78, 5) is 32.1. The normalized spacial score (nSPS) is 11.7. The highest BCUT2D eigenvalue weighted by Gasteiger charge is 2.12. The molecule has 0 spiro atoms. The Bertz CT molecular complexity index is 1310. The lowest BCUT2D eigenvalue weighted by atomic mass is 10.0. The zero-order valence-electron chi connectivity index (χ0n) is 13.7. The van der Waals surface area contributed by atoms with Crippen LogP contribution in [0.25, 0.3) is 44.9 Å². The van der Waals surface area contributed by atoms with Gasteiger partial charge in [-0.1, -0.05) is 30.9 Å². The predicted octanol–water partition coefficient (Wildman–Crippen LogP) is 4.20. The molecule has 0 saturated heterocycles. The summed E-state index contributed by atoms with van der Waals surface area (Å²) < 4.78 is 0. The molecule has 0 aliphatic rings. The van der Waals surface area contributed by atoms with Gasteiger partial charge < -0.3 is 9.97 Å². The minimum absolute atomic E-state index is 0.0486. The molecule has 0 amide bonds.